The first-order chi connectivity index (χ1) is 9.31. The Labute approximate surface area is 113 Å². The van der Waals surface area contributed by atoms with Gasteiger partial charge in [0.15, 0.2) is 0 Å². The topological polar surface area (TPSA) is 43.4 Å². The molecule has 2 aromatic rings. The summed E-state index contributed by atoms with van der Waals surface area (Å²) >= 11 is 0. The van der Waals surface area contributed by atoms with Crippen molar-refractivity contribution in [2.24, 2.45) is 0 Å². The van der Waals surface area contributed by atoms with Crippen LogP contribution in [0.5, 0.6) is 11.6 Å². The zero-order valence-electron chi connectivity index (χ0n) is 11.2. The minimum Gasteiger partial charge on any atom is -0.497 e. The number of benzene rings is 1. The second kappa shape index (κ2) is 6.75. The van der Waals surface area contributed by atoms with E-state index in [1.807, 2.05) is 49.6 Å². The van der Waals surface area contributed by atoms with E-state index >= 15 is 0 Å². The number of ether oxygens (including phenoxy) is 2. The predicted molar refractivity (Wildman–Crippen MR) is 74.3 cm³/mol. The third kappa shape index (κ3) is 3.96. The van der Waals surface area contributed by atoms with Crippen LogP contribution in [0, 0.1) is 0 Å². The van der Waals surface area contributed by atoms with Crippen molar-refractivity contribution >= 4 is 0 Å². The molecule has 4 heteroatoms. The Balaban J connectivity index is 1.90. The van der Waals surface area contributed by atoms with Crippen LogP contribution in [0.4, 0.5) is 0 Å². The summed E-state index contributed by atoms with van der Waals surface area (Å²) in [6.45, 7) is 1.31. The fraction of sp³-hybridized carbons (Fsp3) is 0.267. The van der Waals surface area contributed by atoms with Gasteiger partial charge in [-0.3, -0.25) is 0 Å². The van der Waals surface area contributed by atoms with Crippen LogP contribution < -0.4 is 14.8 Å². The van der Waals surface area contributed by atoms with Gasteiger partial charge in [0.25, 0.3) is 0 Å². The molecule has 0 unspecified atom stereocenters. The van der Waals surface area contributed by atoms with Gasteiger partial charge in [0.2, 0.25) is 5.88 Å². The fourth-order valence-corrected chi connectivity index (χ4v) is 1.68. The maximum absolute atomic E-state index is 5.63. The number of pyridine rings is 1. The highest BCUT2D eigenvalue weighted by atomic mass is 16.5. The molecule has 0 radical (unpaired) electrons. The van der Waals surface area contributed by atoms with Crippen LogP contribution in [0.25, 0.3) is 0 Å². The van der Waals surface area contributed by atoms with E-state index in [9.17, 15) is 0 Å². The van der Waals surface area contributed by atoms with Crippen molar-refractivity contribution in [1.29, 1.82) is 0 Å². The Kier molecular flexibility index (Phi) is 4.75. The largest absolute Gasteiger partial charge is 0.497 e. The molecule has 0 bridgehead atoms. The van der Waals surface area contributed by atoms with Crippen LogP contribution in [0.2, 0.25) is 0 Å². The van der Waals surface area contributed by atoms with Gasteiger partial charge in [0.1, 0.15) is 12.4 Å². The molecule has 19 heavy (non-hydrogen) atoms. The van der Waals surface area contributed by atoms with Crippen molar-refractivity contribution in [1.82, 2.24) is 10.3 Å². The van der Waals surface area contributed by atoms with Crippen LogP contribution in [0.15, 0.2) is 42.6 Å². The monoisotopic (exact) mass is 258 g/mol. The van der Waals surface area contributed by atoms with Crippen LogP contribution in [0.3, 0.4) is 0 Å². The van der Waals surface area contributed by atoms with E-state index in [2.05, 4.69) is 10.3 Å². The van der Waals surface area contributed by atoms with E-state index in [0.717, 1.165) is 23.4 Å². The molecule has 100 valence electrons. The minimum atomic E-state index is 0.502. The van der Waals surface area contributed by atoms with Gasteiger partial charge >= 0.3 is 0 Å². The maximum Gasteiger partial charge on any atom is 0.213 e. The lowest BCUT2D eigenvalue weighted by Crippen LogP contribution is -2.05. The lowest BCUT2D eigenvalue weighted by atomic mass is 10.2. The molecule has 1 aromatic heterocycles. The standard InChI is InChI=1S/C15H18N2O2/c1-16-9-13-5-8-15(17-10-13)19-11-12-3-6-14(18-2)7-4-12/h3-8,10,16H,9,11H2,1-2H3. The third-order valence-electron chi connectivity index (χ3n) is 2.72. The van der Waals surface area contributed by atoms with Crippen molar-refractivity contribution in [2.45, 2.75) is 13.2 Å². The van der Waals surface area contributed by atoms with E-state index in [1.54, 1.807) is 7.11 Å². The Bertz CT molecular complexity index is 495. The molecule has 4 nitrogen and oxygen atoms in total. The highest BCUT2D eigenvalue weighted by molar-refractivity contribution is 5.27. The summed E-state index contributed by atoms with van der Waals surface area (Å²) in [6.07, 6.45) is 1.82. The van der Waals surface area contributed by atoms with Gasteiger partial charge in [-0.1, -0.05) is 18.2 Å². The molecule has 0 saturated carbocycles. The van der Waals surface area contributed by atoms with Gasteiger partial charge in [-0.05, 0) is 30.3 Å². The smallest absolute Gasteiger partial charge is 0.213 e. The van der Waals surface area contributed by atoms with Crippen molar-refractivity contribution in [3.05, 3.63) is 53.7 Å². The first-order valence-corrected chi connectivity index (χ1v) is 6.17. The quantitative estimate of drug-likeness (QED) is 0.864. The van der Waals surface area contributed by atoms with E-state index in [1.165, 1.54) is 0 Å². The molecule has 0 saturated heterocycles. The second-order valence-electron chi connectivity index (χ2n) is 4.17. The number of rotatable bonds is 6. The molecule has 0 aliphatic heterocycles. The molecule has 0 fully saturated rings. The summed E-state index contributed by atoms with van der Waals surface area (Å²) < 4.78 is 10.7. The number of nitrogens with zero attached hydrogens (tertiary/aromatic N) is 1. The van der Waals surface area contributed by atoms with Crippen molar-refractivity contribution < 1.29 is 9.47 Å². The summed E-state index contributed by atoms with van der Waals surface area (Å²) in [5.41, 5.74) is 2.22. The van der Waals surface area contributed by atoms with Crippen molar-refractivity contribution in [2.75, 3.05) is 14.2 Å². The molecule has 2 rings (SSSR count). The summed E-state index contributed by atoms with van der Waals surface area (Å²) in [5, 5.41) is 3.08. The zero-order chi connectivity index (χ0) is 13.5. The van der Waals surface area contributed by atoms with E-state index in [4.69, 9.17) is 9.47 Å². The number of aromatic nitrogens is 1. The van der Waals surface area contributed by atoms with E-state index in [-0.39, 0.29) is 0 Å². The lowest BCUT2D eigenvalue weighted by Gasteiger charge is -2.07. The Hall–Kier alpha value is -2.07. The number of nitrogens with one attached hydrogen (secondary N) is 1. The van der Waals surface area contributed by atoms with Gasteiger partial charge in [-0.25, -0.2) is 4.98 Å². The molecule has 0 aliphatic rings. The molecule has 1 aromatic carbocycles. The number of methoxy groups -OCH3 is 1. The molecule has 1 N–H and O–H groups in total. The van der Waals surface area contributed by atoms with Gasteiger partial charge in [0, 0.05) is 18.8 Å². The molecular formula is C15H18N2O2. The molecule has 0 spiro atoms. The molecular weight excluding hydrogens is 240 g/mol. The summed E-state index contributed by atoms with van der Waals surface area (Å²) in [7, 11) is 3.57. The van der Waals surface area contributed by atoms with Crippen molar-refractivity contribution in [3.8, 4) is 11.6 Å². The minimum absolute atomic E-state index is 0.502. The highest BCUT2D eigenvalue weighted by Gasteiger charge is 1.99. The summed E-state index contributed by atoms with van der Waals surface area (Å²) in [4.78, 5) is 4.26. The SMILES string of the molecule is CNCc1ccc(OCc2ccc(OC)cc2)nc1. The summed E-state index contributed by atoms with van der Waals surface area (Å²) in [6, 6.07) is 11.7. The van der Waals surface area contributed by atoms with Gasteiger partial charge in [0.05, 0.1) is 7.11 Å². The number of hydrogen-bond acceptors (Lipinski definition) is 4. The van der Waals surface area contributed by atoms with Crippen molar-refractivity contribution in [3.63, 3.8) is 0 Å². The average Bonchev–Trinajstić information content (AvgIpc) is 2.47. The van der Waals surface area contributed by atoms with Crippen LogP contribution in [-0.4, -0.2) is 19.1 Å². The Morgan fingerprint density at radius 1 is 1.05 bits per heavy atom. The van der Waals surface area contributed by atoms with E-state index < -0.39 is 0 Å². The normalized spacial score (nSPS) is 10.2. The fourth-order valence-electron chi connectivity index (χ4n) is 1.68. The lowest BCUT2D eigenvalue weighted by molar-refractivity contribution is 0.293. The van der Waals surface area contributed by atoms with Gasteiger partial charge in [-0.2, -0.15) is 0 Å². The van der Waals surface area contributed by atoms with Gasteiger partial charge in [-0.15, -0.1) is 0 Å². The zero-order valence-corrected chi connectivity index (χ0v) is 11.2. The van der Waals surface area contributed by atoms with E-state index in [0.29, 0.717) is 12.5 Å². The third-order valence-corrected chi connectivity index (χ3v) is 2.72. The first-order valence-electron chi connectivity index (χ1n) is 6.17. The second-order valence-corrected chi connectivity index (χ2v) is 4.17. The molecule has 0 atom stereocenters. The predicted octanol–water partition coefficient (Wildman–Crippen LogP) is 2.39. The number of hydrogen-bond donors (Lipinski definition) is 1. The molecule has 0 amide bonds. The molecule has 0 aliphatic carbocycles. The average molecular weight is 258 g/mol. The van der Waals surface area contributed by atoms with Gasteiger partial charge < -0.3 is 14.8 Å². The maximum atomic E-state index is 5.63. The summed E-state index contributed by atoms with van der Waals surface area (Å²) in [5.74, 6) is 1.48. The Morgan fingerprint density at radius 3 is 2.37 bits per heavy atom. The highest BCUT2D eigenvalue weighted by Crippen LogP contribution is 2.14. The van der Waals surface area contributed by atoms with Crippen LogP contribution in [0.1, 0.15) is 11.1 Å². The molecule has 1 heterocycles. The first kappa shape index (κ1) is 13.4. The van der Waals surface area contributed by atoms with Crippen LogP contribution >= 0.6 is 0 Å². The Morgan fingerprint density at radius 2 is 1.79 bits per heavy atom. The van der Waals surface area contributed by atoms with Crippen LogP contribution in [-0.2, 0) is 13.2 Å².